The molecule has 0 radical (unpaired) electrons. The van der Waals surface area contributed by atoms with Gasteiger partial charge in [0.25, 0.3) is 0 Å². The van der Waals surface area contributed by atoms with E-state index in [2.05, 4.69) is 54.4 Å². The van der Waals surface area contributed by atoms with E-state index in [1.807, 2.05) is 22.8 Å². The summed E-state index contributed by atoms with van der Waals surface area (Å²) in [4.78, 5) is 18.9. The summed E-state index contributed by atoms with van der Waals surface area (Å²) in [6.45, 7) is 6.11. The molecule has 0 bridgehead atoms. The quantitative estimate of drug-likeness (QED) is 0.233. The number of nitrogens with two attached hydrogens (primary N) is 1. The molecule has 1 saturated heterocycles. The Balaban J connectivity index is 1.08. The van der Waals surface area contributed by atoms with Gasteiger partial charge in [-0.3, -0.25) is 4.90 Å². The zero-order chi connectivity index (χ0) is 26.6. The maximum absolute atomic E-state index is 6.48. The van der Waals surface area contributed by atoms with E-state index in [1.54, 1.807) is 6.33 Å². The molecule has 4 heterocycles. The van der Waals surface area contributed by atoms with Crippen molar-refractivity contribution in [1.29, 1.82) is 0 Å². The molecule has 9 nitrogen and oxygen atoms in total. The number of imidazole rings is 1. The molecule has 202 valence electrons. The van der Waals surface area contributed by atoms with Crippen molar-refractivity contribution in [3.05, 3.63) is 77.0 Å². The summed E-state index contributed by atoms with van der Waals surface area (Å²) >= 11 is 6.48. The number of benzene rings is 2. The van der Waals surface area contributed by atoms with Crippen LogP contribution in [-0.2, 0) is 19.6 Å². The Bertz CT molecular complexity index is 1570. The second kappa shape index (κ2) is 11.6. The molecule has 0 aliphatic carbocycles. The molecule has 0 unspecified atom stereocenters. The number of piperidine rings is 1. The Morgan fingerprint density at radius 1 is 1.03 bits per heavy atom. The van der Waals surface area contributed by atoms with E-state index < -0.39 is 0 Å². The Morgan fingerprint density at radius 2 is 1.92 bits per heavy atom. The largest absolute Gasteiger partial charge is 0.492 e. The Kier molecular flexibility index (Phi) is 7.62. The second-order valence-electron chi connectivity index (χ2n) is 10.1. The Labute approximate surface area is 232 Å². The molecule has 0 atom stereocenters. The minimum Gasteiger partial charge on any atom is -0.492 e. The van der Waals surface area contributed by atoms with Gasteiger partial charge in [0.05, 0.1) is 18.4 Å². The summed E-state index contributed by atoms with van der Waals surface area (Å²) in [5.74, 6) is 1.30. The summed E-state index contributed by atoms with van der Waals surface area (Å²) in [7, 11) is 0. The van der Waals surface area contributed by atoms with E-state index in [1.165, 1.54) is 44.2 Å². The molecule has 39 heavy (non-hydrogen) atoms. The standard InChI is InChI=1S/C29H33ClN8O/c30-23-12-21-14-24(36-26(21)22(13-23)17-38-19-35-27-28(31)33-18-34-29(27)38)16-32-15-20-5-4-6-25(11-20)39-10-9-37-7-2-1-3-8-37/h4-6,11-14,18-19,32,36H,1-3,7-10,15-17H2,(H2,31,33,34). The molecule has 10 heteroatoms. The number of hydrogen-bond donors (Lipinski definition) is 3. The van der Waals surface area contributed by atoms with Gasteiger partial charge in [-0.05, 0) is 67.4 Å². The number of anilines is 1. The van der Waals surface area contributed by atoms with Crippen LogP contribution in [0, 0.1) is 0 Å². The highest BCUT2D eigenvalue weighted by atomic mass is 35.5. The molecule has 0 spiro atoms. The van der Waals surface area contributed by atoms with Gasteiger partial charge in [0.2, 0.25) is 0 Å². The summed E-state index contributed by atoms with van der Waals surface area (Å²) in [5, 5.41) is 5.30. The van der Waals surface area contributed by atoms with Crippen LogP contribution in [0.1, 0.15) is 36.1 Å². The minimum absolute atomic E-state index is 0.373. The summed E-state index contributed by atoms with van der Waals surface area (Å²) in [6.07, 6.45) is 7.16. The van der Waals surface area contributed by atoms with Gasteiger partial charge in [-0.1, -0.05) is 30.2 Å². The first-order valence-corrected chi connectivity index (χ1v) is 13.9. The highest BCUT2D eigenvalue weighted by molar-refractivity contribution is 6.31. The van der Waals surface area contributed by atoms with Crippen molar-refractivity contribution in [2.75, 3.05) is 32.0 Å². The minimum atomic E-state index is 0.373. The molecule has 6 rings (SSSR count). The molecule has 5 aromatic rings. The van der Waals surface area contributed by atoms with Gasteiger partial charge in [-0.25, -0.2) is 15.0 Å². The fourth-order valence-corrected chi connectivity index (χ4v) is 5.57. The van der Waals surface area contributed by atoms with Crippen molar-refractivity contribution in [1.82, 2.24) is 34.7 Å². The maximum Gasteiger partial charge on any atom is 0.165 e. The van der Waals surface area contributed by atoms with Crippen molar-refractivity contribution in [2.45, 2.75) is 38.9 Å². The monoisotopic (exact) mass is 544 g/mol. The fraction of sp³-hybridized carbons (Fsp3) is 0.345. The van der Waals surface area contributed by atoms with Crippen LogP contribution in [0.3, 0.4) is 0 Å². The van der Waals surface area contributed by atoms with Gasteiger partial charge < -0.3 is 25.3 Å². The number of nitrogen functional groups attached to an aromatic ring is 1. The number of aromatic nitrogens is 5. The lowest BCUT2D eigenvalue weighted by Crippen LogP contribution is -2.33. The van der Waals surface area contributed by atoms with Gasteiger partial charge >= 0.3 is 0 Å². The first-order valence-electron chi connectivity index (χ1n) is 13.5. The zero-order valence-corrected chi connectivity index (χ0v) is 22.6. The molecule has 1 fully saturated rings. The van der Waals surface area contributed by atoms with E-state index in [-0.39, 0.29) is 0 Å². The number of likely N-dealkylation sites (tertiary alicyclic amines) is 1. The second-order valence-corrected chi connectivity index (χ2v) is 10.6. The predicted octanol–water partition coefficient (Wildman–Crippen LogP) is 4.75. The lowest BCUT2D eigenvalue weighted by atomic mass is 10.1. The van der Waals surface area contributed by atoms with E-state index in [0.29, 0.717) is 35.1 Å². The third kappa shape index (κ3) is 6.00. The number of nitrogens with one attached hydrogen (secondary N) is 2. The number of halogens is 1. The number of nitrogens with zero attached hydrogens (tertiary/aromatic N) is 5. The first kappa shape index (κ1) is 25.6. The predicted molar refractivity (Wildman–Crippen MR) is 155 cm³/mol. The third-order valence-electron chi connectivity index (χ3n) is 7.27. The SMILES string of the molecule is Nc1ncnc2c1ncn2Cc1cc(Cl)cc2cc(CNCc3cccc(OCCN4CCCCC4)c3)[nH]c12. The summed E-state index contributed by atoms with van der Waals surface area (Å²) < 4.78 is 8.00. The Morgan fingerprint density at radius 3 is 2.82 bits per heavy atom. The first-order chi connectivity index (χ1) is 19.1. The van der Waals surface area contributed by atoms with E-state index in [0.717, 1.165) is 47.6 Å². The van der Waals surface area contributed by atoms with Crippen molar-refractivity contribution in [3.8, 4) is 5.75 Å². The molecule has 1 aliphatic rings. The van der Waals surface area contributed by atoms with Gasteiger partial charge in [0.15, 0.2) is 11.5 Å². The lowest BCUT2D eigenvalue weighted by Gasteiger charge is -2.26. The van der Waals surface area contributed by atoms with Crippen molar-refractivity contribution < 1.29 is 4.74 Å². The van der Waals surface area contributed by atoms with Crippen molar-refractivity contribution >= 4 is 39.5 Å². The molecule has 3 aromatic heterocycles. The molecule has 0 saturated carbocycles. The van der Waals surface area contributed by atoms with Gasteiger partial charge in [-0.15, -0.1) is 0 Å². The highest BCUT2D eigenvalue weighted by Gasteiger charge is 2.13. The summed E-state index contributed by atoms with van der Waals surface area (Å²) in [5.41, 5.74) is 11.6. The molecule has 1 aliphatic heterocycles. The molecule has 4 N–H and O–H groups in total. The lowest BCUT2D eigenvalue weighted by molar-refractivity contribution is 0.183. The van der Waals surface area contributed by atoms with Crippen molar-refractivity contribution in [2.24, 2.45) is 0 Å². The number of H-pyrrole nitrogens is 1. The smallest absolute Gasteiger partial charge is 0.165 e. The van der Waals surface area contributed by atoms with Crippen molar-refractivity contribution in [3.63, 3.8) is 0 Å². The molecule has 2 aromatic carbocycles. The van der Waals surface area contributed by atoms with Crippen LogP contribution in [0.2, 0.25) is 5.02 Å². The number of ether oxygens (including phenoxy) is 1. The normalized spacial score (nSPS) is 14.4. The van der Waals surface area contributed by atoms with Crippen LogP contribution < -0.4 is 15.8 Å². The molecular weight excluding hydrogens is 512 g/mol. The van der Waals surface area contributed by atoms with E-state index in [9.17, 15) is 0 Å². The van der Waals surface area contributed by atoms with Crippen LogP contribution in [0.25, 0.3) is 22.1 Å². The fourth-order valence-electron chi connectivity index (χ4n) is 5.32. The maximum atomic E-state index is 6.48. The average Bonchev–Trinajstić information content (AvgIpc) is 3.54. The molecule has 0 amide bonds. The van der Waals surface area contributed by atoms with Gasteiger partial charge in [-0.2, -0.15) is 0 Å². The van der Waals surface area contributed by atoms with Crippen LogP contribution in [0.5, 0.6) is 5.75 Å². The van der Waals surface area contributed by atoms with E-state index in [4.69, 9.17) is 22.1 Å². The number of hydrogen-bond acceptors (Lipinski definition) is 7. The topological polar surface area (TPSA) is 110 Å². The van der Waals surface area contributed by atoms with Gasteiger partial charge in [0, 0.05) is 35.7 Å². The van der Waals surface area contributed by atoms with Crippen LogP contribution in [0.4, 0.5) is 5.82 Å². The highest BCUT2D eigenvalue weighted by Crippen LogP contribution is 2.27. The number of rotatable bonds is 10. The van der Waals surface area contributed by atoms with Gasteiger partial charge in [0.1, 0.15) is 24.2 Å². The number of fused-ring (bicyclic) bond motifs is 2. The van der Waals surface area contributed by atoms with Crippen LogP contribution in [0.15, 0.2) is 55.1 Å². The zero-order valence-electron chi connectivity index (χ0n) is 21.9. The third-order valence-corrected chi connectivity index (χ3v) is 7.49. The van der Waals surface area contributed by atoms with Crippen LogP contribution in [-0.4, -0.2) is 55.6 Å². The summed E-state index contributed by atoms with van der Waals surface area (Å²) in [6, 6.07) is 14.4. The Hall–Kier alpha value is -3.66. The van der Waals surface area contributed by atoms with Crippen LogP contribution >= 0.6 is 11.6 Å². The molecular formula is C29H33ClN8O. The average molecular weight is 545 g/mol. The van der Waals surface area contributed by atoms with E-state index >= 15 is 0 Å². The number of aromatic amines is 1.